The molecule has 0 saturated carbocycles. The SMILES string of the molecule is COC(=O)CCCNC(=S)Nc1cc([N+](=O)[O-])ccc1O. The lowest BCUT2D eigenvalue weighted by Gasteiger charge is -2.11. The molecule has 1 aromatic carbocycles. The molecule has 0 fully saturated rings. The highest BCUT2D eigenvalue weighted by atomic mass is 32.1. The molecule has 21 heavy (non-hydrogen) atoms. The van der Waals surface area contributed by atoms with Gasteiger partial charge in [0, 0.05) is 25.1 Å². The van der Waals surface area contributed by atoms with Crippen molar-refractivity contribution in [2.24, 2.45) is 0 Å². The molecule has 1 rings (SSSR count). The Hall–Kier alpha value is -2.42. The van der Waals surface area contributed by atoms with Gasteiger partial charge in [0.1, 0.15) is 5.75 Å². The fourth-order valence-electron chi connectivity index (χ4n) is 1.44. The molecule has 0 radical (unpaired) electrons. The predicted molar refractivity (Wildman–Crippen MR) is 80.2 cm³/mol. The molecule has 0 heterocycles. The van der Waals surface area contributed by atoms with Crippen LogP contribution in [0.15, 0.2) is 18.2 Å². The molecule has 1 aromatic rings. The second-order valence-corrected chi connectivity index (χ2v) is 4.43. The lowest BCUT2D eigenvalue weighted by atomic mass is 10.2. The van der Waals surface area contributed by atoms with E-state index in [0.29, 0.717) is 13.0 Å². The molecule has 0 aliphatic heterocycles. The fraction of sp³-hybridized carbons (Fsp3) is 0.333. The van der Waals surface area contributed by atoms with E-state index in [1.54, 1.807) is 0 Å². The zero-order valence-corrected chi connectivity index (χ0v) is 12.1. The number of nitro benzene ring substituents is 1. The van der Waals surface area contributed by atoms with Gasteiger partial charge in [-0.05, 0) is 24.7 Å². The maximum Gasteiger partial charge on any atom is 0.305 e. The predicted octanol–water partition coefficient (Wildman–Crippen LogP) is 1.54. The van der Waals surface area contributed by atoms with Gasteiger partial charge in [0.25, 0.3) is 5.69 Å². The molecule has 3 N–H and O–H groups in total. The van der Waals surface area contributed by atoms with Crippen LogP contribution in [0.25, 0.3) is 0 Å². The number of phenols is 1. The Morgan fingerprint density at radius 1 is 1.52 bits per heavy atom. The molecule has 8 nitrogen and oxygen atoms in total. The molecule has 9 heteroatoms. The number of carbonyl (C=O) groups is 1. The van der Waals surface area contributed by atoms with Gasteiger partial charge in [0.2, 0.25) is 0 Å². The van der Waals surface area contributed by atoms with E-state index in [0.717, 1.165) is 0 Å². The molecule has 0 unspecified atom stereocenters. The van der Waals surface area contributed by atoms with Gasteiger partial charge in [-0.15, -0.1) is 0 Å². The summed E-state index contributed by atoms with van der Waals surface area (Å²) in [7, 11) is 1.31. The Bertz CT molecular complexity index is 550. The topological polar surface area (TPSA) is 114 Å². The molecule has 0 aromatic heterocycles. The molecule has 114 valence electrons. The molecule has 0 amide bonds. The number of nitro groups is 1. The summed E-state index contributed by atoms with van der Waals surface area (Å²) < 4.78 is 4.49. The average Bonchev–Trinajstić information content (AvgIpc) is 2.45. The van der Waals surface area contributed by atoms with Gasteiger partial charge in [0.05, 0.1) is 17.7 Å². The van der Waals surface area contributed by atoms with Gasteiger partial charge in [-0.25, -0.2) is 0 Å². The molecular weight excluding hydrogens is 298 g/mol. The lowest BCUT2D eigenvalue weighted by Crippen LogP contribution is -2.29. The molecule has 0 aliphatic rings. The summed E-state index contributed by atoms with van der Waals surface area (Å²) in [6.45, 7) is 0.427. The third-order valence-electron chi connectivity index (χ3n) is 2.51. The minimum absolute atomic E-state index is 0.134. The first-order valence-corrected chi connectivity index (χ1v) is 6.44. The fourth-order valence-corrected chi connectivity index (χ4v) is 1.65. The Labute approximate surface area is 126 Å². The number of phenolic OH excluding ortho intramolecular Hbond substituents is 1. The van der Waals surface area contributed by atoms with Crippen molar-refractivity contribution in [2.45, 2.75) is 12.8 Å². The number of carbonyl (C=O) groups excluding carboxylic acids is 1. The number of rotatable bonds is 6. The van der Waals surface area contributed by atoms with Crippen LogP contribution in [0.1, 0.15) is 12.8 Å². The summed E-state index contributed by atoms with van der Waals surface area (Å²) in [5.41, 5.74) is -0.0292. The van der Waals surface area contributed by atoms with Crippen LogP contribution in [0.5, 0.6) is 5.75 Å². The second-order valence-electron chi connectivity index (χ2n) is 4.02. The summed E-state index contributed by atoms with van der Waals surface area (Å²) in [4.78, 5) is 21.0. The third-order valence-corrected chi connectivity index (χ3v) is 2.76. The molecule has 0 atom stereocenters. The highest BCUT2D eigenvalue weighted by Gasteiger charge is 2.11. The van der Waals surface area contributed by atoms with E-state index in [1.807, 2.05) is 0 Å². The molecule has 0 saturated heterocycles. The van der Waals surface area contributed by atoms with Crippen molar-refractivity contribution in [1.29, 1.82) is 0 Å². The van der Waals surface area contributed by atoms with Crippen molar-refractivity contribution >= 4 is 34.7 Å². The van der Waals surface area contributed by atoms with Crippen molar-refractivity contribution < 1.29 is 19.6 Å². The Morgan fingerprint density at radius 3 is 2.86 bits per heavy atom. The Morgan fingerprint density at radius 2 is 2.24 bits per heavy atom. The smallest absolute Gasteiger partial charge is 0.305 e. The first-order valence-electron chi connectivity index (χ1n) is 6.03. The van der Waals surface area contributed by atoms with Gasteiger partial charge in [-0.3, -0.25) is 14.9 Å². The Kier molecular flexibility index (Phi) is 6.34. The summed E-state index contributed by atoms with van der Waals surface area (Å²) in [6, 6.07) is 3.57. The highest BCUT2D eigenvalue weighted by Crippen LogP contribution is 2.27. The third kappa shape index (κ3) is 5.61. The summed E-state index contributed by atoms with van der Waals surface area (Å²) in [5, 5.41) is 25.9. The number of nitrogens with zero attached hydrogens (tertiary/aromatic N) is 1. The van der Waals surface area contributed by atoms with E-state index in [2.05, 4.69) is 15.4 Å². The van der Waals surface area contributed by atoms with E-state index >= 15 is 0 Å². The van der Waals surface area contributed by atoms with E-state index in [-0.39, 0.29) is 34.6 Å². The zero-order chi connectivity index (χ0) is 15.8. The van der Waals surface area contributed by atoms with Crippen LogP contribution in [0.4, 0.5) is 11.4 Å². The second kappa shape index (κ2) is 8.00. The number of anilines is 1. The van der Waals surface area contributed by atoms with Gasteiger partial charge in [0.15, 0.2) is 5.11 Å². The molecule has 0 bridgehead atoms. The van der Waals surface area contributed by atoms with Crippen LogP contribution >= 0.6 is 12.2 Å². The number of benzene rings is 1. The average molecular weight is 313 g/mol. The largest absolute Gasteiger partial charge is 0.506 e. The van der Waals surface area contributed by atoms with Crippen molar-refractivity contribution in [2.75, 3.05) is 19.0 Å². The monoisotopic (exact) mass is 313 g/mol. The lowest BCUT2D eigenvalue weighted by molar-refractivity contribution is -0.384. The van der Waals surface area contributed by atoms with E-state index in [4.69, 9.17) is 12.2 Å². The van der Waals surface area contributed by atoms with Gasteiger partial charge in [-0.2, -0.15) is 0 Å². The zero-order valence-electron chi connectivity index (χ0n) is 11.3. The quantitative estimate of drug-likeness (QED) is 0.181. The summed E-state index contributed by atoms with van der Waals surface area (Å²) in [5.74, 6) is -0.466. The number of hydrogen-bond donors (Lipinski definition) is 3. The van der Waals surface area contributed by atoms with E-state index in [1.165, 1.54) is 25.3 Å². The first-order chi connectivity index (χ1) is 9.93. The van der Waals surface area contributed by atoms with Crippen molar-refractivity contribution in [3.8, 4) is 5.75 Å². The number of non-ortho nitro benzene ring substituents is 1. The highest BCUT2D eigenvalue weighted by molar-refractivity contribution is 7.80. The minimum Gasteiger partial charge on any atom is -0.506 e. The number of aromatic hydroxyl groups is 1. The van der Waals surface area contributed by atoms with Crippen LogP contribution in [-0.2, 0) is 9.53 Å². The maximum absolute atomic E-state index is 10.9. The van der Waals surface area contributed by atoms with Crippen molar-refractivity contribution in [3.05, 3.63) is 28.3 Å². The van der Waals surface area contributed by atoms with Crippen molar-refractivity contribution in [1.82, 2.24) is 5.32 Å². The van der Waals surface area contributed by atoms with Crippen LogP contribution in [0.2, 0.25) is 0 Å². The van der Waals surface area contributed by atoms with Crippen LogP contribution in [0.3, 0.4) is 0 Å². The van der Waals surface area contributed by atoms with Crippen LogP contribution in [-0.4, -0.2) is 34.8 Å². The summed E-state index contributed by atoms with van der Waals surface area (Å²) >= 11 is 4.99. The standard InChI is InChI=1S/C12H15N3O5S/c1-20-11(17)3-2-6-13-12(21)14-9-7-8(15(18)19)4-5-10(9)16/h4-5,7,16H,2-3,6H2,1H3,(H2,13,14,21). The number of hydrogen-bond acceptors (Lipinski definition) is 6. The van der Waals surface area contributed by atoms with Gasteiger partial charge in [-0.1, -0.05) is 0 Å². The van der Waals surface area contributed by atoms with E-state index < -0.39 is 4.92 Å². The van der Waals surface area contributed by atoms with Crippen molar-refractivity contribution in [3.63, 3.8) is 0 Å². The summed E-state index contributed by atoms with van der Waals surface area (Å²) in [6.07, 6.45) is 0.781. The van der Waals surface area contributed by atoms with Crippen LogP contribution < -0.4 is 10.6 Å². The van der Waals surface area contributed by atoms with E-state index in [9.17, 15) is 20.0 Å². The number of nitrogens with one attached hydrogen (secondary N) is 2. The molecule has 0 aliphatic carbocycles. The number of thiocarbonyl (C=S) groups is 1. The normalized spacial score (nSPS) is 9.76. The minimum atomic E-state index is -0.572. The van der Waals surface area contributed by atoms with Gasteiger partial charge >= 0.3 is 5.97 Å². The van der Waals surface area contributed by atoms with Crippen LogP contribution in [0, 0.1) is 10.1 Å². The number of ether oxygens (including phenoxy) is 1. The number of methoxy groups -OCH3 is 1. The van der Waals surface area contributed by atoms with Gasteiger partial charge < -0.3 is 20.5 Å². The Balaban J connectivity index is 2.49. The number of esters is 1. The maximum atomic E-state index is 10.9. The molecule has 0 spiro atoms. The first kappa shape index (κ1) is 16.6. The molecular formula is C12H15N3O5S.